The number of halogens is 1. The second-order valence-corrected chi connectivity index (χ2v) is 7.96. The molecule has 1 amide bonds. The highest BCUT2D eigenvalue weighted by Gasteiger charge is 2.26. The van der Waals surface area contributed by atoms with Gasteiger partial charge in [-0.2, -0.15) is 0 Å². The van der Waals surface area contributed by atoms with E-state index >= 15 is 0 Å². The summed E-state index contributed by atoms with van der Waals surface area (Å²) in [4.78, 5) is 16.4. The van der Waals surface area contributed by atoms with E-state index in [0.717, 1.165) is 18.5 Å². The minimum Gasteiger partial charge on any atom is -0.348 e. The number of carbonyl (C=O) groups is 1. The Hall–Kier alpha value is -1.14. The van der Waals surface area contributed by atoms with Gasteiger partial charge in [0.1, 0.15) is 5.15 Å². The average Bonchev–Trinajstić information content (AvgIpc) is 2.37. The highest BCUT2D eigenvalue weighted by atomic mass is 35.5. The number of nitrogens with one attached hydrogen (secondary N) is 1. The lowest BCUT2D eigenvalue weighted by Gasteiger charge is -2.23. The molecule has 0 spiro atoms. The number of sulfone groups is 1. The van der Waals surface area contributed by atoms with E-state index in [1.54, 1.807) is 6.07 Å². The van der Waals surface area contributed by atoms with Gasteiger partial charge in [-0.3, -0.25) is 4.79 Å². The van der Waals surface area contributed by atoms with Gasteiger partial charge in [-0.1, -0.05) is 24.9 Å². The van der Waals surface area contributed by atoms with Gasteiger partial charge < -0.3 is 5.32 Å². The number of carbonyl (C=O) groups excluding carboxylic acids is 1. The van der Waals surface area contributed by atoms with E-state index in [-0.39, 0.29) is 28.6 Å². The lowest BCUT2D eigenvalue weighted by Crippen LogP contribution is -2.43. The zero-order chi connectivity index (χ0) is 15.5. The lowest BCUT2D eigenvalue weighted by atomic mass is 10.1. The molecule has 1 N–H and O–H groups in total. The average molecular weight is 331 g/mol. The van der Waals surface area contributed by atoms with Gasteiger partial charge >= 0.3 is 0 Å². The first-order valence-electron chi connectivity index (χ1n) is 7.07. The number of nitrogens with zero attached hydrogens (tertiary/aromatic N) is 1. The Morgan fingerprint density at radius 1 is 1.48 bits per heavy atom. The highest BCUT2D eigenvalue weighted by Crippen LogP contribution is 2.15. The van der Waals surface area contributed by atoms with Gasteiger partial charge in [-0.05, 0) is 31.4 Å². The number of pyridine rings is 1. The van der Waals surface area contributed by atoms with Crippen LogP contribution in [0.25, 0.3) is 0 Å². The molecule has 7 heteroatoms. The maximum Gasteiger partial charge on any atom is 0.251 e. The molecule has 1 unspecified atom stereocenters. The summed E-state index contributed by atoms with van der Waals surface area (Å²) in [5.74, 6) is -0.0701. The molecule has 21 heavy (non-hydrogen) atoms. The second-order valence-electron chi connectivity index (χ2n) is 5.35. The molecule has 1 aromatic heterocycles. The third-order valence-electron chi connectivity index (χ3n) is 3.41. The Kier molecular flexibility index (Phi) is 5.22. The smallest absolute Gasteiger partial charge is 0.251 e. The van der Waals surface area contributed by atoms with Crippen LogP contribution in [0.4, 0.5) is 0 Å². The van der Waals surface area contributed by atoms with Crippen LogP contribution in [0.5, 0.6) is 0 Å². The van der Waals surface area contributed by atoms with Gasteiger partial charge in [-0.15, -0.1) is 0 Å². The van der Waals surface area contributed by atoms with E-state index in [0.29, 0.717) is 18.4 Å². The van der Waals surface area contributed by atoms with Crippen LogP contribution in [0.15, 0.2) is 12.1 Å². The van der Waals surface area contributed by atoms with E-state index in [1.165, 1.54) is 6.07 Å². The van der Waals surface area contributed by atoms with E-state index in [4.69, 9.17) is 11.6 Å². The van der Waals surface area contributed by atoms with Gasteiger partial charge in [-0.25, -0.2) is 13.4 Å². The molecule has 1 saturated heterocycles. The molecule has 1 atom stereocenters. The van der Waals surface area contributed by atoms with Crippen LogP contribution in [0.1, 0.15) is 42.2 Å². The summed E-state index contributed by atoms with van der Waals surface area (Å²) < 4.78 is 23.2. The molecule has 2 heterocycles. The largest absolute Gasteiger partial charge is 0.348 e. The lowest BCUT2D eigenvalue weighted by molar-refractivity contribution is 0.0938. The quantitative estimate of drug-likeness (QED) is 0.857. The first-order chi connectivity index (χ1) is 9.89. The van der Waals surface area contributed by atoms with E-state index in [2.05, 4.69) is 10.3 Å². The number of aryl methyl sites for hydroxylation is 1. The monoisotopic (exact) mass is 330 g/mol. The van der Waals surface area contributed by atoms with Crippen LogP contribution in [0.2, 0.25) is 5.15 Å². The summed E-state index contributed by atoms with van der Waals surface area (Å²) in [5, 5.41) is 3.06. The van der Waals surface area contributed by atoms with Gasteiger partial charge in [0.25, 0.3) is 5.91 Å². The van der Waals surface area contributed by atoms with Crippen molar-refractivity contribution in [1.82, 2.24) is 10.3 Å². The second kappa shape index (κ2) is 6.75. The van der Waals surface area contributed by atoms with Crippen LogP contribution in [-0.4, -0.2) is 36.9 Å². The van der Waals surface area contributed by atoms with E-state index < -0.39 is 9.84 Å². The minimum absolute atomic E-state index is 0.0133. The molecule has 0 radical (unpaired) electrons. The molecule has 0 bridgehead atoms. The zero-order valence-corrected chi connectivity index (χ0v) is 13.5. The van der Waals surface area contributed by atoms with E-state index in [9.17, 15) is 13.2 Å². The fraction of sp³-hybridized carbons (Fsp3) is 0.571. The van der Waals surface area contributed by atoms with Crippen molar-refractivity contribution in [3.05, 3.63) is 28.5 Å². The molecule has 1 aromatic rings. The van der Waals surface area contributed by atoms with Crippen molar-refractivity contribution in [2.45, 2.75) is 38.6 Å². The Balaban J connectivity index is 2.09. The Morgan fingerprint density at radius 3 is 2.90 bits per heavy atom. The van der Waals surface area contributed by atoms with Crippen molar-refractivity contribution < 1.29 is 13.2 Å². The molecule has 0 saturated carbocycles. The first kappa shape index (κ1) is 16.2. The molecule has 1 fully saturated rings. The zero-order valence-electron chi connectivity index (χ0n) is 11.9. The van der Waals surface area contributed by atoms with Crippen LogP contribution in [0.3, 0.4) is 0 Å². The van der Waals surface area contributed by atoms with Crippen molar-refractivity contribution >= 4 is 27.3 Å². The topological polar surface area (TPSA) is 76.1 Å². The fourth-order valence-electron chi connectivity index (χ4n) is 2.47. The minimum atomic E-state index is -3.04. The van der Waals surface area contributed by atoms with Crippen LogP contribution in [0, 0.1) is 0 Å². The first-order valence-corrected chi connectivity index (χ1v) is 9.27. The SMILES string of the molecule is CCCc1cc(C(=O)NC2CCCS(=O)(=O)C2)cc(Cl)n1. The number of amides is 1. The molecule has 0 aliphatic carbocycles. The summed E-state index contributed by atoms with van der Waals surface area (Å²) >= 11 is 5.93. The third-order valence-corrected chi connectivity index (χ3v) is 5.43. The summed E-state index contributed by atoms with van der Waals surface area (Å²) in [6.45, 7) is 2.02. The number of aromatic nitrogens is 1. The Labute approximate surface area is 130 Å². The van der Waals surface area contributed by atoms with Crippen LogP contribution in [-0.2, 0) is 16.3 Å². The molecular weight excluding hydrogens is 312 g/mol. The van der Waals surface area contributed by atoms with Gasteiger partial charge in [0, 0.05) is 17.3 Å². The van der Waals surface area contributed by atoms with Crippen molar-refractivity contribution in [3.8, 4) is 0 Å². The standard InChI is InChI=1S/C14H19ClN2O3S/c1-2-4-11-7-10(8-13(15)16-11)14(18)17-12-5-3-6-21(19,20)9-12/h7-8,12H,2-6,9H2,1H3,(H,17,18). The highest BCUT2D eigenvalue weighted by molar-refractivity contribution is 7.91. The summed E-state index contributed by atoms with van der Waals surface area (Å²) in [5.41, 5.74) is 1.20. The normalized spacial score (nSPS) is 21.0. The van der Waals surface area contributed by atoms with Gasteiger partial charge in [0.05, 0.1) is 11.5 Å². The molecular formula is C14H19ClN2O3S. The summed E-state index contributed by atoms with van der Waals surface area (Å²) in [6, 6.07) is 2.90. The number of hydrogen-bond acceptors (Lipinski definition) is 4. The van der Waals surface area contributed by atoms with Crippen LogP contribution < -0.4 is 5.32 Å². The third kappa shape index (κ3) is 4.68. The molecule has 1 aliphatic rings. The Bertz CT molecular complexity index is 631. The van der Waals surface area contributed by atoms with Gasteiger partial charge in [0.2, 0.25) is 0 Å². The molecule has 0 aromatic carbocycles. The maximum absolute atomic E-state index is 12.2. The van der Waals surface area contributed by atoms with Crippen molar-refractivity contribution in [3.63, 3.8) is 0 Å². The molecule has 5 nitrogen and oxygen atoms in total. The Morgan fingerprint density at radius 2 is 2.24 bits per heavy atom. The van der Waals surface area contributed by atoms with Crippen molar-refractivity contribution in [2.75, 3.05) is 11.5 Å². The maximum atomic E-state index is 12.2. The van der Waals surface area contributed by atoms with Crippen molar-refractivity contribution in [2.24, 2.45) is 0 Å². The fourth-order valence-corrected chi connectivity index (χ4v) is 4.33. The number of rotatable bonds is 4. The summed E-state index contributed by atoms with van der Waals surface area (Å²) in [6.07, 6.45) is 2.94. The van der Waals surface area contributed by atoms with Crippen molar-refractivity contribution in [1.29, 1.82) is 0 Å². The molecule has 2 rings (SSSR count). The molecule has 1 aliphatic heterocycles. The van der Waals surface area contributed by atoms with Gasteiger partial charge in [0.15, 0.2) is 9.84 Å². The predicted octanol–water partition coefficient (Wildman–Crippen LogP) is 1.99. The summed E-state index contributed by atoms with van der Waals surface area (Å²) in [7, 11) is -3.04. The number of hydrogen-bond donors (Lipinski definition) is 1. The molecule has 116 valence electrons. The van der Waals surface area contributed by atoms with E-state index in [1.807, 2.05) is 6.92 Å². The van der Waals surface area contributed by atoms with Crippen LogP contribution >= 0.6 is 11.6 Å². The predicted molar refractivity (Wildman–Crippen MR) is 82.4 cm³/mol.